The van der Waals surface area contributed by atoms with Crippen molar-refractivity contribution in [2.45, 2.75) is 64.6 Å². The van der Waals surface area contributed by atoms with Gasteiger partial charge < -0.3 is 4.43 Å². The van der Waals surface area contributed by atoms with E-state index in [-0.39, 0.29) is 0 Å². The maximum Gasteiger partial charge on any atom is 0.191 e. The van der Waals surface area contributed by atoms with Crippen LogP contribution < -0.4 is 0 Å². The highest BCUT2D eigenvalue weighted by atomic mass is 28.4. The summed E-state index contributed by atoms with van der Waals surface area (Å²) in [6.45, 7) is 12.8. The fourth-order valence-corrected chi connectivity index (χ4v) is 4.18. The molecule has 0 aromatic rings. The van der Waals surface area contributed by atoms with Crippen LogP contribution in [0.1, 0.15) is 46.5 Å². The number of hydrogen-bond donors (Lipinski definition) is 0. The third-order valence-electron chi connectivity index (χ3n) is 5.35. The van der Waals surface area contributed by atoms with Gasteiger partial charge >= 0.3 is 0 Å². The Bertz CT molecular complexity index is 254. The van der Waals surface area contributed by atoms with Gasteiger partial charge in [0.1, 0.15) is 0 Å². The highest BCUT2D eigenvalue weighted by molar-refractivity contribution is 6.74. The molecule has 2 saturated carbocycles. The first-order valence-corrected chi connectivity index (χ1v) is 9.84. The molecule has 3 unspecified atom stereocenters. The summed E-state index contributed by atoms with van der Waals surface area (Å²) in [5.41, 5.74) is 0. The van der Waals surface area contributed by atoms with Crippen LogP contribution in [0.2, 0.25) is 18.1 Å². The fourth-order valence-electron chi connectivity index (χ4n) is 3.11. The molecule has 0 saturated heterocycles. The summed E-state index contributed by atoms with van der Waals surface area (Å²) in [5.74, 6) is 2.96. The SMILES string of the molecule is CC(C)(C)[Si](C)(C)OCC1CC2CCC1C2. The molecule has 1 nitrogen and oxygen atoms in total. The third-order valence-corrected chi connectivity index (χ3v) is 9.85. The average Bonchev–Trinajstić information content (AvgIpc) is 2.73. The molecule has 0 heterocycles. The maximum absolute atomic E-state index is 6.37. The lowest BCUT2D eigenvalue weighted by Gasteiger charge is -2.37. The molecule has 2 rings (SSSR count). The Kier molecular flexibility index (Phi) is 3.26. The van der Waals surface area contributed by atoms with Crippen molar-refractivity contribution in [3.05, 3.63) is 0 Å². The Hall–Kier alpha value is 0.177. The van der Waals surface area contributed by atoms with Crippen molar-refractivity contribution in [3.63, 3.8) is 0 Å². The van der Waals surface area contributed by atoms with Crippen LogP contribution in [0.5, 0.6) is 0 Å². The number of fused-ring (bicyclic) bond motifs is 2. The molecule has 0 radical (unpaired) electrons. The third kappa shape index (κ3) is 2.38. The van der Waals surface area contributed by atoms with Crippen molar-refractivity contribution in [1.82, 2.24) is 0 Å². The molecule has 0 N–H and O–H groups in total. The van der Waals surface area contributed by atoms with E-state index < -0.39 is 8.32 Å². The Morgan fingerprint density at radius 1 is 1.12 bits per heavy atom. The highest BCUT2D eigenvalue weighted by Gasteiger charge is 2.42. The average molecular weight is 240 g/mol. The van der Waals surface area contributed by atoms with Gasteiger partial charge in [-0.05, 0) is 55.1 Å². The van der Waals surface area contributed by atoms with Gasteiger partial charge in [-0.3, -0.25) is 0 Å². The Balaban J connectivity index is 1.84. The standard InChI is InChI=1S/C14H28OSi/c1-14(2,3)16(4,5)15-10-13-9-11-6-7-12(13)8-11/h11-13H,6-10H2,1-5H3. The summed E-state index contributed by atoms with van der Waals surface area (Å²) in [6, 6.07) is 0. The summed E-state index contributed by atoms with van der Waals surface area (Å²) >= 11 is 0. The first-order chi connectivity index (χ1) is 7.29. The van der Waals surface area contributed by atoms with Crippen LogP contribution in [-0.2, 0) is 4.43 Å². The van der Waals surface area contributed by atoms with Gasteiger partial charge in [0.05, 0.1) is 0 Å². The van der Waals surface area contributed by atoms with E-state index in [9.17, 15) is 0 Å². The molecule has 0 spiro atoms. The van der Waals surface area contributed by atoms with E-state index in [1.807, 2.05) is 0 Å². The van der Waals surface area contributed by atoms with Crippen molar-refractivity contribution < 1.29 is 4.43 Å². The van der Waals surface area contributed by atoms with Crippen molar-refractivity contribution in [2.75, 3.05) is 6.61 Å². The van der Waals surface area contributed by atoms with Crippen LogP contribution in [0.3, 0.4) is 0 Å². The van der Waals surface area contributed by atoms with Crippen LogP contribution in [0, 0.1) is 17.8 Å². The first kappa shape index (κ1) is 12.6. The number of rotatable bonds is 3. The van der Waals surface area contributed by atoms with Gasteiger partial charge in [-0.1, -0.05) is 27.2 Å². The monoisotopic (exact) mass is 240 g/mol. The second-order valence-electron chi connectivity index (χ2n) is 7.51. The molecule has 2 fully saturated rings. The second kappa shape index (κ2) is 4.13. The van der Waals surface area contributed by atoms with Crippen LogP contribution in [0.15, 0.2) is 0 Å². The van der Waals surface area contributed by atoms with Gasteiger partial charge in [0.25, 0.3) is 0 Å². The van der Waals surface area contributed by atoms with Crippen LogP contribution >= 0.6 is 0 Å². The summed E-state index contributed by atoms with van der Waals surface area (Å²) in [7, 11) is -1.50. The lowest BCUT2D eigenvalue weighted by atomic mass is 9.90. The second-order valence-corrected chi connectivity index (χ2v) is 12.3. The van der Waals surface area contributed by atoms with E-state index in [1.54, 1.807) is 0 Å². The van der Waals surface area contributed by atoms with Gasteiger partial charge in [-0.25, -0.2) is 0 Å². The Morgan fingerprint density at radius 3 is 2.25 bits per heavy atom. The quantitative estimate of drug-likeness (QED) is 0.663. The zero-order valence-electron chi connectivity index (χ0n) is 11.7. The van der Waals surface area contributed by atoms with Gasteiger partial charge in [0, 0.05) is 6.61 Å². The molecule has 0 amide bonds. The smallest absolute Gasteiger partial charge is 0.191 e. The molecule has 2 aliphatic carbocycles. The van der Waals surface area contributed by atoms with Gasteiger partial charge in [0.2, 0.25) is 0 Å². The van der Waals surface area contributed by atoms with E-state index in [0.29, 0.717) is 5.04 Å². The molecule has 3 atom stereocenters. The summed E-state index contributed by atoms with van der Waals surface area (Å²) in [6.07, 6.45) is 5.95. The molecule has 2 aliphatic rings. The minimum Gasteiger partial charge on any atom is -0.417 e. The van der Waals surface area contributed by atoms with Crippen molar-refractivity contribution in [1.29, 1.82) is 0 Å². The molecule has 0 aromatic heterocycles. The lowest BCUT2D eigenvalue weighted by molar-refractivity contribution is 0.181. The van der Waals surface area contributed by atoms with Crippen molar-refractivity contribution in [3.8, 4) is 0 Å². The first-order valence-electron chi connectivity index (χ1n) is 6.93. The van der Waals surface area contributed by atoms with Crippen molar-refractivity contribution in [2.24, 2.45) is 17.8 Å². The molecular formula is C14H28OSi. The van der Waals surface area contributed by atoms with Crippen LogP contribution in [-0.4, -0.2) is 14.9 Å². The summed E-state index contributed by atoms with van der Waals surface area (Å²) < 4.78 is 6.37. The predicted octanol–water partition coefficient (Wildman–Crippen LogP) is 4.44. The van der Waals surface area contributed by atoms with E-state index in [2.05, 4.69) is 33.9 Å². The Morgan fingerprint density at radius 2 is 1.81 bits per heavy atom. The van der Waals surface area contributed by atoms with Gasteiger partial charge in [-0.2, -0.15) is 0 Å². The zero-order valence-corrected chi connectivity index (χ0v) is 12.7. The molecule has 16 heavy (non-hydrogen) atoms. The van der Waals surface area contributed by atoms with Gasteiger partial charge in [0.15, 0.2) is 8.32 Å². The lowest BCUT2D eigenvalue weighted by Crippen LogP contribution is -2.42. The number of hydrogen-bond acceptors (Lipinski definition) is 1. The molecule has 0 aliphatic heterocycles. The predicted molar refractivity (Wildman–Crippen MR) is 72.1 cm³/mol. The summed E-state index contributed by atoms with van der Waals surface area (Å²) in [4.78, 5) is 0. The minimum absolute atomic E-state index is 0.366. The summed E-state index contributed by atoms with van der Waals surface area (Å²) in [5, 5.41) is 0.366. The molecular weight excluding hydrogens is 212 g/mol. The Labute approximate surface area is 102 Å². The maximum atomic E-state index is 6.37. The van der Waals surface area contributed by atoms with Crippen LogP contribution in [0.25, 0.3) is 0 Å². The van der Waals surface area contributed by atoms with Gasteiger partial charge in [-0.15, -0.1) is 0 Å². The van der Waals surface area contributed by atoms with Crippen LogP contribution in [0.4, 0.5) is 0 Å². The topological polar surface area (TPSA) is 9.23 Å². The van der Waals surface area contributed by atoms with Crippen molar-refractivity contribution >= 4 is 8.32 Å². The van der Waals surface area contributed by atoms with E-state index >= 15 is 0 Å². The highest BCUT2D eigenvalue weighted by Crippen LogP contribution is 2.49. The normalized spacial score (nSPS) is 34.7. The van der Waals surface area contributed by atoms with E-state index in [0.717, 1.165) is 24.4 Å². The minimum atomic E-state index is -1.50. The fraction of sp³-hybridized carbons (Fsp3) is 1.00. The van der Waals surface area contributed by atoms with E-state index in [1.165, 1.54) is 25.7 Å². The van der Waals surface area contributed by atoms with E-state index in [4.69, 9.17) is 4.43 Å². The largest absolute Gasteiger partial charge is 0.417 e. The zero-order chi connectivity index (χ0) is 12.0. The molecule has 2 heteroatoms. The molecule has 0 aromatic carbocycles. The molecule has 2 bridgehead atoms. The molecule has 94 valence electrons.